The van der Waals surface area contributed by atoms with E-state index in [0.717, 1.165) is 0 Å². The predicted molar refractivity (Wildman–Crippen MR) is 128 cm³/mol. The Morgan fingerprint density at radius 3 is 1.94 bits per heavy atom. The number of amides is 2. The number of anilines is 2. The maximum atomic E-state index is 12.8. The van der Waals surface area contributed by atoms with E-state index in [0.29, 0.717) is 11.3 Å². The fourth-order valence-corrected chi connectivity index (χ4v) is 3.05. The van der Waals surface area contributed by atoms with Gasteiger partial charge in [0, 0.05) is 18.1 Å². The molecule has 8 heteroatoms. The first kappa shape index (κ1) is 22.6. The Morgan fingerprint density at radius 1 is 0.812 bits per heavy atom. The SMILES string of the molecule is COC(=O)NC(=S)Nc1cccc(C(=O)c2ccccc2)c1NC(C)=O.c1cc2ccc1-2. The summed E-state index contributed by atoms with van der Waals surface area (Å²) < 4.78 is 4.47. The van der Waals surface area contributed by atoms with E-state index in [4.69, 9.17) is 12.2 Å². The van der Waals surface area contributed by atoms with Crippen LogP contribution in [0, 0.1) is 0 Å². The molecule has 2 aliphatic rings. The number of carbonyl (C=O) groups excluding carboxylic acids is 3. The molecule has 2 aromatic rings. The first-order valence-corrected chi connectivity index (χ1v) is 10.1. The molecule has 0 atom stereocenters. The molecule has 0 aromatic heterocycles. The molecule has 2 aromatic carbocycles. The number of ether oxygens (including phenoxy) is 1. The van der Waals surface area contributed by atoms with E-state index in [9.17, 15) is 14.4 Å². The lowest BCUT2D eigenvalue weighted by Gasteiger charge is -2.16. The van der Waals surface area contributed by atoms with Crippen LogP contribution >= 0.6 is 12.2 Å². The van der Waals surface area contributed by atoms with E-state index in [1.54, 1.807) is 48.5 Å². The Kier molecular flexibility index (Phi) is 7.30. The molecule has 7 nitrogen and oxygen atoms in total. The molecule has 162 valence electrons. The fraction of sp³-hybridized carbons (Fsp3) is 0.0833. The molecule has 32 heavy (non-hydrogen) atoms. The minimum atomic E-state index is -0.736. The first-order chi connectivity index (χ1) is 15.4. The molecular weight excluding hydrogens is 426 g/mol. The van der Waals surface area contributed by atoms with Crippen LogP contribution in [0.3, 0.4) is 0 Å². The second-order valence-corrected chi connectivity index (χ2v) is 7.16. The molecule has 2 amide bonds. The minimum Gasteiger partial charge on any atom is -0.453 e. The number of carbonyl (C=O) groups is 3. The summed E-state index contributed by atoms with van der Waals surface area (Å²) in [7, 11) is 1.21. The molecular formula is C24H21N3O4S. The second-order valence-electron chi connectivity index (χ2n) is 6.75. The van der Waals surface area contributed by atoms with Crippen molar-refractivity contribution in [3.63, 3.8) is 0 Å². The van der Waals surface area contributed by atoms with Crippen LogP contribution in [0.15, 0.2) is 72.8 Å². The number of hydrogen-bond acceptors (Lipinski definition) is 5. The van der Waals surface area contributed by atoms with Gasteiger partial charge in [-0.2, -0.15) is 0 Å². The second kappa shape index (κ2) is 10.3. The van der Waals surface area contributed by atoms with Gasteiger partial charge in [0.25, 0.3) is 0 Å². The Bertz CT molecular complexity index is 1140. The number of hydrogen-bond donors (Lipinski definition) is 3. The van der Waals surface area contributed by atoms with Gasteiger partial charge < -0.3 is 15.4 Å². The summed E-state index contributed by atoms with van der Waals surface area (Å²) in [6, 6.07) is 22.0. The number of methoxy groups -OCH3 is 1. The van der Waals surface area contributed by atoms with Gasteiger partial charge in [0.15, 0.2) is 10.9 Å². The van der Waals surface area contributed by atoms with E-state index in [2.05, 4.69) is 45.0 Å². The fourth-order valence-electron chi connectivity index (χ4n) is 2.86. The Hall–Kier alpha value is -4.04. The molecule has 2 aliphatic carbocycles. The van der Waals surface area contributed by atoms with Gasteiger partial charge in [-0.05, 0) is 35.5 Å². The summed E-state index contributed by atoms with van der Waals surface area (Å²) in [5.41, 5.74) is 4.25. The first-order valence-electron chi connectivity index (χ1n) is 9.65. The van der Waals surface area contributed by atoms with E-state index >= 15 is 0 Å². The zero-order chi connectivity index (χ0) is 23.1. The summed E-state index contributed by atoms with van der Waals surface area (Å²) in [4.78, 5) is 35.7. The smallest absolute Gasteiger partial charge is 0.413 e. The molecule has 0 bridgehead atoms. The van der Waals surface area contributed by atoms with Gasteiger partial charge in [-0.1, -0.05) is 60.7 Å². The highest BCUT2D eigenvalue weighted by Gasteiger charge is 2.18. The van der Waals surface area contributed by atoms with Crippen molar-refractivity contribution >= 4 is 46.5 Å². The number of alkyl carbamates (subject to hydrolysis) is 1. The monoisotopic (exact) mass is 447 g/mol. The Labute approximate surface area is 190 Å². The van der Waals surface area contributed by atoms with E-state index < -0.39 is 6.09 Å². The summed E-state index contributed by atoms with van der Waals surface area (Å²) in [6.45, 7) is 1.33. The van der Waals surface area contributed by atoms with E-state index in [1.165, 1.54) is 25.2 Å². The highest BCUT2D eigenvalue weighted by atomic mass is 32.1. The van der Waals surface area contributed by atoms with Crippen molar-refractivity contribution in [1.29, 1.82) is 0 Å². The third-order valence-electron chi connectivity index (χ3n) is 4.51. The van der Waals surface area contributed by atoms with Crippen LogP contribution in [-0.4, -0.2) is 30.0 Å². The van der Waals surface area contributed by atoms with Crippen LogP contribution < -0.4 is 16.0 Å². The molecule has 3 N–H and O–H groups in total. The zero-order valence-electron chi connectivity index (χ0n) is 17.5. The average molecular weight is 448 g/mol. The molecule has 0 saturated carbocycles. The van der Waals surface area contributed by atoms with Crippen molar-refractivity contribution in [2.75, 3.05) is 17.7 Å². The quantitative estimate of drug-likeness (QED) is 0.313. The van der Waals surface area contributed by atoms with Crippen LogP contribution in [0.25, 0.3) is 11.1 Å². The van der Waals surface area contributed by atoms with Gasteiger partial charge in [0.2, 0.25) is 5.91 Å². The third kappa shape index (κ3) is 5.55. The average Bonchev–Trinajstić information content (AvgIpc) is 2.77. The largest absolute Gasteiger partial charge is 0.453 e. The van der Waals surface area contributed by atoms with Gasteiger partial charge in [-0.3, -0.25) is 14.9 Å². The van der Waals surface area contributed by atoms with Gasteiger partial charge in [-0.15, -0.1) is 0 Å². The highest BCUT2D eigenvalue weighted by Crippen LogP contribution is 2.30. The Morgan fingerprint density at radius 2 is 1.44 bits per heavy atom. The maximum Gasteiger partial charge on any atom is 0.413 e. The van der Waals surface area contributed by atoms with Gasteiger partial charge >= 0.3 is 6.09 Å². The third-order valence-corrected chi connectivity index (χ3v) is 4.72. The maximum absolute atomic E-state index is 12.8. The van der Waals surface area contributed by atoms with Crippen LogP contribution in [0.4, 0.5) is 16.2 Å². The molecule has 0 fully saturated rings. The van der Waals surface area contributed by atoms with Crippen LogP contribution in [0.5, 0.6) is 0 Å². The number of benzene rings is 3. The lowest BCUT2D eigenvalue weighted by molar-refractivity contribution is -0.114. The molecule has 0 spiro atoms. The molecule has 0 saturated heterocycles. The number of para-hydroxylation sites is 1. The van der Waals surface area contributed by atoms with Crippen molar-refractivity contribution in [2.45, 2.75) is 6.92 Å². The van der Waals surface area contributed by atoms with Gasteiger partial charge in [-0.25, -0.2) is 4.79 Å². The molecule has 0 aliphatic heterocycles. The number of ketones is 1. The summed E-state index contributed by atoms with van der Waals surface area (Å²) >= 11 is 5.03. The van der Waals surface area contributed by atoms with Crippen molar-refractivity contribution in [3.8, 4) is 11.1 Å². The normalized spacial score (nSPS) is 10.1. The lowest BCUT2D eigenvalue weighted by atomic mass is 9.95. The summed E-state index contributed by atoms with van der Waals surface area (Å²) in [5, 5.41) is 7.69. The van der Waals surface area contributed by atoms with Gasteiger partial charge in [0.1, 0.15) is 0 Å². The van der Waals surface area contributed by atoms with Crippen LogP contribution in [0.1, 0.15) is 22.8 Å². The van der Waals surface area contributed by atoms with E-state index in [-0.39, 0.29) is 28.1 Å². The number of rotatable bonds is 4. The zero-order valence-corrected chi connectivity index (χ0v) is 18.3. The molecule has 0 unspecified atom stereocenters. The molecule has 0 radical (unpaired) electrons. The number of fused-ring (bicyclic) bond motifs is 1. The summed E-state index contributed by atoms with van der Waals surface area (Å²) in [5.74, 6) is -0.613. The van der Waals surface area contributed by atoms with Crippen molar-refractivity contribution in [1.82, 2.24) is 5.32 Å². The van der Waals surface area contributed by atoms with E-state index in [1.807, 2.05) is 0 Å². The highest BCUT2D eigenvalue weighted by molar-refractivity contribution is 7.80. The summed E-state index contributed by atoms with van der Waals surface area (Å²) in [6.07, 6.45) is -0.736. The van der Waals surface area contributed by atoms with Crippen molar-refractivity contribution in [2.24, 2.45) is 0 Å². The van der Waals surface area contributed by atoms with Gasteiger partial charge in [0.05, 0.1) is 18.5 Å². The molecule has 4 rings (SSSR count). The Balaban J connectivity index is 0.000000405. The van der Waals surface area contributed by atoms with Crippen LogP contribution in [-0.2, 0) is 9.53 Å². The van der Waals surface area contributed by atoms with Crippen LogP contribution in [0.2, 0.25) is 0 Å². The number of thiocarbonyl (C=S) groups is 1. The van der Waals surface area contributed by atoms with Crippen molar-refractivity contribution in [3.05, 3.63) is 83.9 Å². The van der Waals surface area contributed by atoms with Crippen molar-refractivity contribution < 1.29 is 19.1 Å². The number of nitrogens with one attached hydrogen (secondary N) is 3. The lowest BCUT2D eigenvalue weighted by Crippen LogP contribution is -2.34. The standard InChI is InChI=1S/C18H17N3O4S.C6H4/c1-11(22)19-15-13(16(23)12-7-4-3-5-8-12)9-6-10-14(15)20-17(26)21-18(24)25-2;1-2-6-4-3-5(1)6/h3-10H,1-2H3,(H,19,22)(H2,20,21,24,26);1-4H. The topological polar surface area (TPSA) is 96.5 Å². The molecule has 0 heterocycles. The predicted octanol–water partition coefficient (Wildman–Crippen LogP) is 4.60. The minimum absolute atomic E-state index is 0.0345.